The number of para-hydroxylation sites is 2. The van der Waals surface area contributed by atoms with Gasteiger partial charge < -0.3 is 16.0 Å². The molecule has 0 atom stereocenters. The van der Waals surface area contributed by atoms with Crippen molar-refractivity contribution in [3.05, 3.63) is 87.8 Å². The first kappa shape index (κ1) is 18.2. The van der Waals surface area contributed by atoms with Gasteiger partial charge in [0.05, 0.1) is 28.0 Å². The van der Waals surface area contributed by atoms with E-state index in [0.29, 0.717) is 16.7 Å². The van der Waals surface area contributed by atoms with Gasteiger partial charge in [-0.25, -0.2) is 4.68 Å². The molecular formula is C21H17N5O3. The van der Waals surface area contributed by atoms with Crippen LogP contribution in [0.4, 0.5) is 5.69 Å². The van der Waals surface area contributed by atoms with E-state index in [-0.39, 0.29) is 16.8 Å². The van der Waals surface area contributed by atoms with E-state index >= 15 is 0 Å². The quantitative estimate of drug-likeness (QED) is 0.497. The molecule has 8 heteroatoms. The highest BCUT2D eigenvalue weighted by Gasteiger charge is 2.20. The number of primary amides is 1. The lowest BCUT2D eigenvalue weighted by Gasteiger charge is -2.09. The van der Waals surface area contributed by atoms with Crippen molar-refractivity contribution in [2.24, 2.45) is 5.73 Å². The number of hydrogen-bond donors (Lipinski definition) is 3. The first-order valence-electron chi connectivity index (χ1n) is 8.84. The molecule has 0 radical (unpaired) electrons. The maximum atomic E-state index is 13.0. The third-order valence-electron chi connectivity index (χ3n) is 4.57. The van der Waals surface area contributed by atoms with Crippen LogP contribution in [-0.2, 0) is 0 Å². The van der Waals surface area contributed by atoms with Gasteiger partial charge in [0.2, 0.25) is 5.43 Å². The van der Waals surface area contributed by atoms with Crippen molar-refractivity contribution in [2.45, 2.75) is 6.92 Å². The van der Waals surface area contributed by atoms with Crippen molar-refractivity contribution in [1.82, 2.24) is 14.8 Å². The van der Waals surface area contributed by atoms with Crippen LogP contribution in [0.1, 0.15) is 26.4 Å². The number of pyridine rings is 1. The summed E-state index contributed by atoms with van der Waals surface area (Å²) >= 11 is 0. The van der Waals surface area contributed by atoms with E-state index in [4.69, 9.17) is 5.73 Å². The molecule has 2 aromatic heterocycles. The van der Waals surface area contributed by atoms with Crippen LogP contribution >= 0.6 is 0 Å². The molecule has 144 valence electrons. The second-order valence-electron chi connectivity index (χ2n) is 6.45. The van der Waals surface area contributed by atoms with Gasteiger partial charge >= 0.3 is 0 Å². The minimum Gasteiger partial charge on any atom is -0.366 e. The number of carbonyl (C=O) groups is 2. The third-order valence-corrected chi connectivity index (χ3v) is 4.57. The van der Waals surface area contributed by atoms with Crippen molar-refractivity contribution in [1.29, 1.82) is 0 Å². The maximum absolute atomic E-state index is 13.0. The van der Waals surface area contributed by atoms with Crippen LogP contribution in [0.5, 0.6) is 0 Å². The number of aromatic nitrogens is 3. The van der Waals surface area contributed by atoms with Crippen molar-refractivity contribution in [3.8, 4) is 5.69 Å². The van der Waals surface area contributed by atoms with Gasteiger partial charge in [-0.2, -0.15) is 5.10 Å². The van der Waals surface area contributed by atoms with Crippen LogP contribution in [0.3, 0.4) is 0 Å². The average Bonchev–Trinajstić information content (AvgIpc) is 3.06. The van der Waals surface area contributed by atoms with E-state index in [2.05, 4.69) is 15.4 Å². The third kappa shape index (κ3) is 3.16. The Morgan fingerprint density at radius 1 is 1.03 bits per heavy atom. The van der Waals surface area contributed by atoms with Gasteiger partial charge in [-0.3, -0.25) is 14.4 Å². The van der Waals surface area contributed by atoms with Gasteiger partial charge in [0, 0.05) is 6.20 Å². The van der Waals surface area contributed by atoms with Crippen molar-refractivity contribution < 1.29 is 9.59 Å². The molecule has 0 spiro atoms. The van der Waals surface area contributed by atoms with E-state index in [0.717, 1.165) is 5.69 Å². The summed E-state index contributed by atoms with van der Waals surface area (Å²) in [5.41, 5.74) is 6.97. The van der Waals surface area contributed by atoms with E-state index in [1.165, 1.54) is 12.3 Å². The lowest BCUT2D eigenvalue weighted by molar-refractivity contribution is 0.100. The van der Waals surface area contributed by atoms with E-state index in [1.807, 2.05) is 30.3 Å². The van der Waals surface area contributed by atoms with E-state index in [1.54, 1.807) is 29.8 Å². The maximum Gasteiger partial charge on any atom is 0.261 e. The highest BCUT2D eigenvalue weighted by Crippen LogP contribution is 2.19. The number of aromatic amines is 1. The van der Waals surface area contributed by atoms with Crippen molar-refractivity contribution in [3.63, 3.8) is 0 Å². The number of nitrogens with two attached hydrogens (primary N) is 1. The Morgan fingerprint density at radius 2 is 1.72 bits per heavy atom. The predicted octanol–water partition coefficient (Wildman–Crippen LogP) is 2.37. The number of benzene rings is 2. The SMILES string of the molecule is Cc1nn(-c2ccccc2)c2[nH]cc(C(=O)Nc3ccccc3C(N)=O)c(=O)c12. The second-order valence-corrected chi connectivity index (χ2v) is 6.45. The summed E-state index contributed by atoms with van der Waals surface area (Å²) in [6, 6.07) is 15.7. The molecule has 2 amide bonds. The summed E-state index contributed by atoms with van der Waals surface area (Å²) in [6.45, 7) is 1.71. The lowest BCUT2D eigenvalue weighted by Crippen LogP contribution is -2.24. The Hall–Kier alpha value is -4.20. The number of hydrogen-bond acceptors (Lipinski definition) is 4. The molecule has 4 aromatic rings. The molecule has 0 unspecified atom stereocenters. The second kappa shape index (κ2) is 7.08. The zero-order valence-electron chi connectivity index (χ0n) is 15.5. The number of nitrogens with one attached hydrogen (secondary N) is 2. The molecule has 8 nitrogen and oxygen atoms in total. The average molecular weight is 387 g/mol. The van der Waals surface area contributed by atoms with Gasteiger partial charge in [0.25, 0.3) is 11.8 Å². The topological polar surface area (TPSA) is 123 Å². The molecule has 0 bridgehead atoms. The van der Waals surface area contributed by atoms with Gasteiger partial charge in [0.1, 0.15) is 11.2 Å². The number of carbonyl (C=O) groups excluding carboxylic acids is 2. The van der Waals surface area contributed by atoms with Gasteiger partial charge in [-0.05, 0) is 31.2 Å². The molecular weight excluding hydrogens is 370 g/mol. The molecule has 2 aromatic carbocycles. The Bertz CT molecular complexity index is 1310. The highest BCUT2D eigenvalue weighted by molar-refractivity contribution is 6.09. The minimum atomic E-state index is -0.676. The fraction of sp³-hybridized carbons (Fsp3) is 0.0476. The molecule has 0 aliphatic rings. The van der Waals surface area contributed by atoms with E-state index in [9.17, 15) is 14.4 Å². The zero-order chi connectivity index (χ0) is 20.5. The van der Waals surface area contributed by atoms with Gasteiger partial charge in [0.15, 0.2) is 0 Å². The fourth-order valence-corrected chi connectivity index (χ4v) is 3.19. The number of nitrogens with zero attached hydrogens (tertiary/aromatic N) is 2. The molecule has 0 saturated carbocycles. The number of anilines is 1. The van der Waals surface area contributed by atoms with Crippen LogP contribution < -0.4 is 16.5 Å². The molecule has 2 heterocycles. The normalized spacial score (nSPS) is 10.8. The number of aryl methyl sites for hydroxylation is 1. The van der Waals surface area contributed by atoms with Gasteiger partial charge in [-0.15, -0.1) is 0 Å². The predicted molar refractivity (Wildman–Crippen MR) is 109 cm³/mol. The molecule has 0 aliphatic carbocycles. The summed E-state index contributed by atoms with van der Waals surface area (Å²) in [7, 11) is 0. The molecule has 0 fully saturated rings. The van der Waals surface area contributed by atoms with Crippen LogP contribution in [0.2, 0.25) is 0 Å². The summed E-state index contributed by atoms with van der Waals surface area (Å²) < 4.78 is 1.62. The number of fused-ring (bicyclic) bond motifs is 1. The lowest BCUT2D eigenvalue weighted by atomic mass is 10.1. The fourth-order valence-electron chi connectivity index (χ4n) is 3.19. The minimum absolute atomic E-state index is 0.0903. The van der Waals surface area contributed by atoms with Crippen LogP contribution in [0, 0.1) is 6.92 Å². The Balaban J connectivity index is 1.78. The Labute approximate surface area is 165 Å². The number of H-pyrrole nitrogens is 1. The summed E-state index contributed by atoms with van der Waals surface area (Å²) in [4.78, 5) is 40.3. The van der Waals surface area contributed by atoms with Crippen LogP contribution in [0.25, 0.3) is 16.7 Å². The summed E-state index contributed by atoms with van der Waals surface area (Å²) in [6.07, 6.45) is 1.34. The Morgan fingerprint density at radius 3 is 2.45 bits per heavy atom. The molecule has 4 rings (SSSR count). The van der Waals surface area contributed by atoms with Crippen LogP contribution in [0.15, 0.2) is 65.6 Å². The Kier molecular flexibility index (Phi) is 4.44. The van der Waals surface area contributed by atoms with Gasteiger partial charge in [-0.1, -0.05) is 30.3 Å². The largest absolute Gasteiger partial charge is 0.366 e. The summed E-state index contributed by atoms with van der Waals surface area (Å²) in [5, 5.41) is 7.34. The monoisotopic (exact) mass is 387 g/mol. The van der Waals surface area contributed by atoms with E-state index < -0.39 is 17.2 Å². The molecule has 4 N–H and O–H groups in total. The standard InChI is InChI=1S/C21H17N5O3/c1-12-17-18(27)15(21(29)24-16-10-6-5-9-14(16)19(22)28)11-23-20(17)26(25-12)13-7-3-2-4-8-13/h2-11H,1H3,(H2,22,28)(H,23,27)(H,24,29). The number of rotatable bonds is 4. The molecule has 29 heavy (non-hydrogen) atoms. The number of amides is 2. The smallest absolute Gasteiger partial charge is 0.261 e. The van der Waals surface area contributed by atoms with Crippen LogP contribution in [-0.4, -0.2) is 26.6 Å². The zero-order valence-corrected chi connectivity index (χ0v) is 15.5. The highest BCUT2D eigenvalue weighted by atomic mass is 16.2. The molecule has 0 saturated heterocycles. The molecule has 0 aliphatic heterocycles. The first-order valence-corrected chi connectivity index (χ1v) is 8.84. The van der Waals surface area contributed by atoms with Crippen molar-refractivity contribution >= 4 is 28.5 Å². The summed E-state index contributed by atoms with van der Waals surface area (Å²) in [5.74, 6) is -1.32. The van der Waals surface area contributed by atoms with Crippen molar-refractivity contribution in [2.75, 3.05) is 5.32 Å². The first-order chi connectivity index (χ1) is 14.0.